The van der Waals surface area contributed by atoms with Crippen LogP contribution >= 0.6 is 0 Å². The molecule has 1 aromatic heterocycles. The molecule has 1 rings (SSSR count). The number of rotatable bonds is 5. The van der Waals surface area contributed by atoms with E-state index in [-0.39, 0.29) is 0 Å². The van der Waals surface area contributed by atoms with E-state index in [1.165, 1.54) is 5.56 Å². The maximum Gasteiger partial charge on any atom is 0.213 e. The normalized spacial score (nSPS) is 10.0. The van der Waals surface area contributed by atoms with Crippen LogP contribution in [0.4, 0.5) is 0 Å². The van der Waals surface area contributed by atoms with Crippen LogP contribution in [0.1, 0.15) is 18.9 Å². The van der Waals surface area contributed by atoms with Gasteiger partial charge in [-0.25, -0.2) is 4.98 Å². The third kappa shape index (κ3) is 3.42. The highest BCUT2D eigenvalue weighted by atomic mass is 16.5. The summed E-state index contributed by atoms with van der Waals surface area (Å²) in [6.45, 7) is 3.66. The second-order valence-corrected chi connectivity index (χ2v) is 2.88. The van der Waals surface area contributed by atoms with Crippen molar-refractivity contribution >= 4 is 0 Å². The highest BCUT2D eigenvalue weighted by Crippen LogP contribution is 2.07. The Morgan fingerprint density at radius 1 is 1.46 bits per heavy atom. The van der Waals surface area contributed by atoms with Crippen LogP contribution in [0.3, 0.4) is 0 Å². The van der Waals surface area contributed by atoms with E-state index in [4.69, 9.17) is 4.74 Å². The average molecular weight is 180 g/mol. The third-order valence-corrected chi connectivity index (χ3v) is 1.63. The summed E-state index contributed by atoms with van der Waals surface area (Å²) < 4.78 is 5.36. The van der Waals surface area contributed by atoms with Gasteiger partial charge in [0.1, 0.15) is 0 Å². The summed E-state index contributed by atoms with van der Waals surface area (Å²) in [7, 11) is 1.92. The molecule has 0 atom stereocenters. The van der Waals surface area contributed by atoms with E-state index in [0.717, 1.165) is 19.6 Å². The fourth-order valence-electron chi connectivity index (χ4n) is 1.01. The quantitative estimate of drug-likeness (QED) is 0.747. The number of aromatic nitrogens is 1. The lowest BCUT2D eigenvalue weighted by atomic mass is 10.3. The lowest BCUT2D eigenvalue weighted by molar-refractivity contribution is 0.305. The van der Waals surface area contributed by atoms with E-state index in [9.17, 15) is 0 Å². The molecule has 0 aliphatic heterocycles. The minimum atomic E-state index is 0.710. The summed E-state index contributed by atoms with van der Waals surface area (Å²) in [5, 5.41) is 3.07. The minimum Gasteiger partial charge on any atom is -0.478 e. The van der Waals surface area contributed by atoms with E-state index >= 15 is 0 Å². The van der Waals surface area contributed by atoms with Crippen molar-refractivity contribution in [3.8, 4) is 5.88 Å². The summed E-state index contributed by atoms with van der Waals surface area (Å²) in [5.41, 5.74) is 1.17. The molecular weight excluding hydrogens is 164 g/mol. The molecule has 0 fully saturated rings. The summed E-state index contributed by atoms with van der Waals surface area (Å²) in [5.74, 6) is 0.710. The van der Waals surface area contributed by atoms with Crippen molar-refractivity contribution in [2.24, 2.45) is 0 Å². The van der Waals surface area contributed by atoms with Gasteiger partial charge in [0.05, 0.1) is 6.61 Å². The lowest BCUT2D eigenvalue weighted by Crippen LogP contribution is -2.05. The van der Waals surface area contributed by atoms with Crippen molar-refractivity contribution in [1.29, 1.82) is 0 Å². The van der Waals surface area contributed by atoms with E-state index < -0.39 is 0 Å². The van der Waals surface area contributed by atoms with Gasteiger partial charge in [0.2, 0.25) is 5.88 Å². The molecule has 1 aromatic rings. The Labute approximate surface area is 79.1 Å². The van der Waals surface area contributed by atoms with Crippen molar-refractivity contribution in [1.82, 2.24) is 10.3 Å². The van der Waals surface area contributed by atoms with Crippen molar-refractivity contribution in [3.05, 3.63) is 23.9 Å². The zero-order chi connectivity index (χ0) is 9.52. The molecule has 0 aliphatic rings. The number of nitrogens with one attached hydrogen (secondary N) is 1. The summed E-state index contributed by atoms with van der Waals surface area (Å²) in [4.78, 5) is 4.17. The van der Waals surface area contributed by atoms with Crippen LogP contribution < -0.4 is 10.1 Å². The van der Waals surface area contributed by atoms with Crippen LogP contribution in [0, 0.1) is 0 Å². The molecule has 0 unspecified atom stereocenters. The van der Waals surface area contributed by atoms with Gasteiger partial charge in [-0.1, -0.05) is 13.0 Å². The van der Waals surface area contributed by atoms with Gasteiger partial charge in [-0.15, -0.1) is 0 Å². The van der Waals surface area contributed by atoms with Gasteiger partial charge < -0.3 is 10.1 Å². The zero-order valence-electron chi connectivity index (χ0n) is 8.21. The first-order chi connectivity index (χ1) is 6.36. The van der Waals surface area contributed by atoms with E-state index in [2.05, 4.69) is 17.2 Å². The van der Waals surface area contributed by atoms with Gasteiger partial charge in [-0.3, -0.25) is 0 Å². The largest absolute Gasteiger partial charge is 0.478 e. The maximum absolute atomic E-state index is 5.36. The van der Waals surface area contributed by atoms with Crippen LogP contribution in [0.15, 0.2) is 18.3 Å². The molecular formula is C10H16N2O. The molecule has 13 heavy (non-hydrogen) atoms. The van der Waals surface area contributed by atoms with Gasteiger partial charge in [0.15, 0.2) is 0 Å². The predicted molar refractivity (Wildman–Crippen MR) is 52.8 cm³/mol. The number of pyridine rings is 1. The molecule has 0 spiro atoms. The van der Waals surface area contributed by atoms with Gasteiger partial charge >= 0.3 is 0 Å². The number of hydrogen-bond acceptors (Lipinski definition) is 3. The van der Waals surface area contributed by atoms with Crippen molar-refractivity contribution in [2.45, 2.75) is 19.9 Å². The molecule has 1 N–H and O–H groups in total. The van der Waals surface area contributed by atoms with Crippen molar-refractivity contribution in [2.75, 3.05) is 13.7 Å². The second kappa shape index (κ2) is 5.54. The Morgan fingerprint density at radius 2 is 2.31 bits per heavy atom. The molecule has 0 amide bonds. The van der Waals surface area contributed by atoms with Crippen molar-refractivity contribution < 1.29 is 4.74 Å². The summed E-state index contributed by atoms with van der Waals surface area (Å²) >= 11 is 0. The molecule has 0 radical (unpaired) electrons. The Balaban J connectivity index is 2.48. The second-order valence-electron chi connectivity index (χ2n) is 2.88. The zero-order valence-corrected chi connectivity index (χ0v) is 8.21. The summed E-state index contributed by atoms with van der Waals surface area (Å²) in [6, 6.07) is 3.93. The van der Waals surface area contributed by atoms with Crippen LogP contribution in [0.2, 0.25) is 0 Å². The van der Waals surface area contributed by atoms with Crippen LogP contribution in [-0.2, 0) is 6.54 Å². The average Bonchev–Trinajstić information content (AvgIpc) is 2.17. The molecule has 3 nitrogen and oxygen atoms in total. The van der Waals surface area contributed by atoms with Gasteiger partial charge in [-0.05, 0) is 19.0 Å². The number of ether oxygens (including phenoxy) is 1. The number of nitrogens with zero attached hydrogens (tertiary/aromatic N) is 1. The van der Waals surface area contributed by atoms with Gasteiger partial charge in [0, 0.05) is 18.8 Å². The molecule has 0 saturated carbocycles. The Kier molecular flexibility index (Phi) is 4.26. The third-order valence-electron chi connectivity index (χ3n) is 1.63. The monoisotopic (exact) mass is 180 g/mol. The van der Waals surface area contributed by atoms with E-state index in [1.54, 1.807) is 0 Å². The fourth-order valence-corrected chi connectivity index (χ4v) is 1.01. The van der Waals surface area contributed by atoms with E-state index in [1.807, 2.05) is 25.4 Å². The minimum absolute atomic E-state index is 0.710. The molecule has 0 saturated heterocycles. The van der Waals surface area contributed by atoms with Crippen LogP contribution in [0.25, 0.3) is 0 Å². The van der Waals surface area contributed by atoms with Crippen molar-refractivity contribution in [3.63, 3.8) is 0 Å². The first kappa shape index (κ1) is 9.99. The molecule has 0 aromatic carbocycles. The van der Waals surface area contributed by atoms with Crippen LogP contribution in [-0.4, -0.2) is 18.6 Å². The maximum atomic E-state index is 5.36. The first-order valence-electron chi connectivity index (χ1n) is 4.59. The van der Waals surface area contributed by atoms with E-state index in [0.29, 0.717) is 5.88 Å². The van der Waals surface area contributed by atoms with Gasteiger partial charge in [-0.2, -0.15) is 0 Å². The standard InChI is InChI=1S/C10H16N2O/c1-3-6-13-10-5-4-9(7-11-2)8-12-10/h4-5,8,11H,3,6-7H2,1-2H3. The van der Waals surface area contributed by atoms with Gasteiger partial charge in [0.25, 0.3) is 0 Å². The molecule has 72 valence electrons. The Morgan fingerprint density at radius 3 is 2.85 bits per heavy atom. The Bertz CT molecular complexity index is 233. The fraction of sp³-hybridized carbons (Fsp3) is 0.500. The van der Waals surface area contributed by atoms with Crippen LogP contribution in [0.5, 0.6) is 5.88 Å². The first-order valence-corrected chi connectivity index (χ1v) is 4.59. The molecule has 0 bridgehead atoms. The summed E-state index contributed by atoms with van der Waals surface area (Å²) in [6.07, 6.45) is 2.85. The topological polar surface area (TPSA) is 34.1 Å². The highest BCUT2D eigenvalue weighted by molar-refractivity contribution is 5.17. The predicted octanol–water partition coefficient (Wildman–Crippen LogP) is 1.59. The SMILES string of the molecule is CCCOc1ccc(CNC)cn1. The Hall–Kier alpha value is -1.09. The number of hydrogen-bond donors (Lipinski definition) is 1. The highest BCUT2D eigenvalue weighted by Gasteiger charge is 1.94. The molecule has 0 aliphatic carbocycles. The smallest absolute Gasteiger partial charge is 0.213 e. The molecule has 3 heteroatoms. The molecule has 1 heterocycles. The lowest BCUT2D eigenvalue weighted by Gasteiger charge is -2.04.